The van der Waals surface area contributed by atoms with E-state index in [1.54, 1.807) is 6.20 Å². The Morgan fingerprint density at radius 1 is 1.16 bits per heavy atom. The van der Waals surface area contributed by atoms with Crippen LogP contribution in [-0.4, -0.2) is 65.7 Å². The van der Waals surface area contributed by atoms with Crippen molar-refractivity contribution in [3.05, 3.63) is 59.9 Å². The molecular weight excluding hydrogens is 419 g/mol. The smallest absolute Gasteiger partial charge is 0.403 e. The average molecular weight is 450 g/mol. The summed E-state index contributed by atoms with van der Waals surface area (Å²) in [5.74, 6) is 1.45. The zero-order valence-electron chi connectivity index (χ0n) is 18.5. The Morgan fingerprint density at radius 2 is 1.94 bits per heavy atom. The predicted octanol–water partition coefficient (Wildman–Crippen LogP) is 3.69. The van der Waals surface area contributed by atoms with Crippen LogP contribution in [0.15, 0.2) is 53.7 Å². The van der Waals surface area contributed by atoms with Crippen LogP contribution < -0.4 is 10.1 Å². The zero-order valence-corrected chi connectivity index (χ0v) is 18.5. The molecule has 2 aromatic rings. The summed E-state index contributed by atoms with van der Waals surface area (Å²) in [6, 6.07) is 12.0. The van der Waals surface area contributed by atoms with Gasteiger partial charge in [0.2, 0.25) is 0 Å². The molecule has 32 heavy (non-hydrogen) atoms. The van der Waals surface area contributed by atoms with Crippen LogP contribution in [-0.2, 0) is 13.2 Å². The van der Waals surface area contributed by atoms with E-state index < -0.39 is 12.2 Å². The molecule has 1 fully saturated rings. The third-order valence-electron chi connectivity index (χ3n) is 5.39. The number of ether oxygens (including phenoxy) is 1. The zero-order chi connectivity index (χ0) is 23.0. The maximum absolute atomic E-state index is 13.0. The molecule has 1 atom stereocenters. The number of rotatable bonds is 7. The predicted molar refractivity (Wildman–Crippen MR) is 118 cm³/mol. The van der Waals surface area contributed by atoms with Crippen molar-refractivity contribution in [1.82, 2.24) is 20.1 Å². The van der Waals surface area contributed by atoms with E-state index in [9.17, 15) is 13.2 Å². The molecule has 0 bridgehead atoms. The molecule has 1 aromatic heterocycles. The van der Waals surface area contributed by atoms with Crippen molar-refractivity contribution in [3.63, 3.8) is 0 Å². The minimum atomic E-state index is -4.20. The summed E-state index contributed by atoms with van der Waals surface area (Å²) >= 11 is 0. The molecule has 9 heteroatoms. The van der Waals surface area contributed by atoms with E-state index >= 15 is 0 Å². The second kappa shape index (κ2) is 11.2. The summed E-state index contributed by atoms with van der Waals surface area (Å²) in [6.45, 7) is 6.41. The summed E-state index contributed by atoms with van der Waals surface area (Å²) in [4.78, 5) is 12.5. The number of alkyl halides is 3. The number of aliphatic imine (C=N–C) groups is 1. The lowest BCUT2D eigenvalue weighted by Gasteiger charge is -2.39. The van der Waals surface area contributed by atoms with Gasteiger partial charge in [-0.15, -0.1) is 0 Å². The number of hydrogen-bond donors (Lipinski definition) is 1. The van der Waals surface area contributed by atoms with Crippen molar-refractivity contribution in [1.29, 1.82) is 0 Å². The van der Waals surface area contributed by atoms with Gasteiger partial charge >= 0.3 is 6.18 Å². The van der Waals surface area contributed by atoms with E-state index in [0.717, 1.165) is 17.0 Å². The van der Waals surface area contributed by atoms with E-state index in [1.807, 2.05) is 54.3 Å². The van der Waals surface area contributed by atoms with Gasteiger partial charge in [-0.05, 0) is 43.7 Å². The SMILES string of the molecule is CCNC(=NCc1cccc(OCc2ccccn2)c1)N1CCN(C(C)C(F)(F)F)CC1. The molecule has 0 saturated carbocycles. The van der Waals surface area contributed by atoms with Crippen LogP contribution in [0.1, 0.15) is 25.1 Å². The number of piperazine rings is 1. The Morgan fingerprint density at radius 3 is 2.59 bits per heavy atom. The van der Waals surface area contributed by atoms with Gasteiger partial charge in [0.15, 0.2) is 5.96 Å². The number of hydrogen-bond acceptors (Lipinski definition) is 4. The molecule has 0 aliphatic carbocycles. The first-order valence-electron chi connectivity index (χ1n) is 10.8. The molecule has 3 rings (SSSR count). The Labute approximate surface area is 187 Å². The second-order valence-electron chi connectivity index (χ2n) is 7.67. The first-order chi connectivity index (χ1) is 15.4. The van der Waals surface area contributed by atoms with Crippen LogP contribution in [0.25, 0.3) is 0 Å². The molecule has 1 N–H and O–H groups in total. The average Bonchev–Trinajstić information content (AvgIpc) is 2.80. The molecule has 1 aliphatic heterocycles. The van der Waals surface area contributed by atoms with Gasteiger partial charge in [0.05, 0.1) is 12.2 Å². The van der Waals surface area contributed by atoms with Gasteiger partial charge in [-0.1, -0.05) is 18.2 Å². The van der Waals surface area contributed by atoms with Gasteiger partial charge < -0.3 is 15.0 Å². The lowest BCUT2D eigenvalue weighted by Crippen LogP contribution is -2.56. The molecule has 174 valence electrons. The van der Waals surface area contributed by atoms with Gasteiger partial charge in [0, 0.05) is 38.9 Å². The number of pyridine rings is 1. The number of benzene rings is 1. The largest absolute Gasteiger partial charge is 0.487 e. The molecule has 1 saturated heterocycles. The van der Waals surface area contributed by atoms with Crippen LogP contribution >= 0.6 is 0 Å². The van der Waals surface area contributed by atoms with Gasteiger partial charge in [0.1, 0.15) is 18.4 Å². The summed E-state index contributed by atoms with van der Waals surface area (Å²) in [5.41, 5.74) is 1.84. The highest BCUT2D eigenvalue weighted by molar-refractivity contribution is 5.80. The maximum Gasteiger partial charge on any atom is 0.403 e. The van der Waals surface area contributed by atoms with E-state index in [4.69, 9.17) is 9.73 Å². The van der Waals surface area contributed by atoms with E-state index in [1.165, 1.54) is 11.8 Å². The van der Waals surface area contributed by atoms with Crippen LogP contribution in [0.4, 0.5) is 13.2 Å². The second-order valence-corrected chi connectivity index (χ2v) is 7.67. The Bertz CT molecular complexity index is 867. The highest BCUT2D eigenvalue weighted by Crippen LogP contribution is 2.25. The van der Waals surface area contributed by atoms with Crippen molar-refractivity contribution in [2.45, 2.75) is 39.2 Å². The van der Waals surface area contributed by atoms with Gasteiger partial charge in [-0.3, -0.25) is 9.88 Å². The quantitative estimate of drug-likeness (QED) is 0.516. The normalized spacial score (nSPS) is 16.7. The van der Waals surface area contributed by atoms with Crippen molar-refractivity contribution < 1.29 is 17.9 Å². The summed E-state index contributed by atoms with van der Waals surface area (Å²) < 4.78 is 44.8. The summed E-state index contributed by atoms with van der Waals surface area (Å²) in [6.07, 6.45) is -2.47. The minimum Gasteiger partial charge on any atom is -0.487 e. The fraction of sp³-hybridized carbons (Fsp3) is 0.478. The van der Waals surface area contributed by atoms with E-state index in [2.05, 4.69) is 10.3 Å². The topological polar surface area (TPSA) is 53.0 Å². The molecule has 6 nitrogen and oxygen atoms in total. The highest BCUT2D eigenvalue weighted by atomic mass is 19.4. The molecule has 0 amide bonds. The highest BCUT2D eigenvalue weighted by Gasteiger charge is 2.41. The first-order valence-corrected chi connectivity index (χ1v) is 10.8. The number of nitrogens with one attached hydrogen (secondary N) is 1. The van der Waals surface area contributed by atoms with Crippen molar-refractivity contribution in [2.24, 2.45) is 4.99 Å². The number of guanidine groups is 1. The lowest BCUT2D eigenvalue weighted by molar-refractivity contribution is -0.181. The summed E-state index contributed by atoms with van der Waals surface area (Å²) in [7, 11) is 0. The number of nitrogens with zero attached hydrogens (tertiary/aromatic N) is 4. The summed E-state index contributed by atoms with van der Waals surface area (Å²) in [5, 5.41) is 3.25. The van der Waals surface area contributed by atoms with Crippen LogP contribution in [0.3, 0.4) is 0 Å². The first kappa shape index (κ1) is 23.8. The van der Waals surface area contributed by atoms with Crippen molar-refractivity contribution in [2.75, 3.05) is 32.7 Å². The fourth-order valence-electron chi connectivity index (χ4n) is 3.49. The van der Waals surface area contributed by atoms with Gasteiger partial charge in [-0.2, -0.15) is 13.2 Å². The lowest BCUT2D eigenvalue weighted by atomic mass is 10.2. The number of aromatic nitrogens is 1. The van der Waals surface area contributed by atoms with Crippen LogP contribution in [0, 0.1) is 0 Å². The Hall–Kier alpha value is -2.81. The third kappa shape index (κ3) is 6.85. The molecular formula is C23H30F3N5O. The Kier molecular flexibility index (Phi) is 8.33. The molecule has 0 radical (unpaired) electrons. The molecule has 1 aliphatic rings. The standard InChI is InChI=1S/C23H30F3N5O/c1-3-27-22(31-13-11-30(12-14-31)18(2)23(24,25)26)29-16-19-7-6-9-21(15-19)32-17-20-8-4-5-10-28-20/h4-10,15,18H,3,11-14,16-17H2,1-2H3,(H,27,29). The molecule has 1 unspecified atom stereocenters. The molecule has 2 heterocycles. The van der Waals surface area contributed by atoms with Crippen LogP contribution in [0.2, 0.25) is 0 Å². The van der Waals surface area contributed by atoms with Gasteiger partial charge in [0.25, 0.3) is 0 Å². The van der Waals surface area contributed by atoms with Crippen LogP contribution in [0.5, 0.6) is 5.75 Å². The van der Waals surface area contributed by atoms with Crippen molar-refractivity contribution >= 4 is 5.96 Å². The monoisotopic (exact) mass is 449 g/mol. The maximum atomic E-state index is 13.0. The molecule has 1 aromatic carbocycles. The third-order valence-corrected chi connectivity index (χ3v) is 5.39. The molecule has 0 spiro atoms. The number of halogens is 3. The van der Waals surface area contributed by atoms with E-state index in [-0.39, 0.29) is 0 Å². The minimum absolute atomic E-state index is 0.349. The van der Waals surface area contributed by atoms with Crippen molar-refractivity contribution in [3.8, 4) is 5.75 Å². The fourth-order valence-corrected chi connectivity index (χ4v) is 3.49. The van der Waals surface area contributed by atoms with Gasteiger partial charge in [-0.25, -0.2) is 4.99 Å². The van der Waals surface area contributed by atoms with E-state index in [0.29, 0.717) is 51.8 Å². The Balaban J connectivity index is 1.58.